The molecule has 1 unspecified atom stereocenters. The van der Waals surface area contributed by atoms with Crippen molar-refractivity contribution in [1.82, 2.24) is 5.32 Å². The van der Waals surface area contributed by atoms with Gasteiger partial charge in [0.05, 0.1) is 5.41 Å². The van der Waals surface area contributed by atoms with E-state index >= 15 is 0 Å². The molecule has 2 N–H and O–H groups in total. The van der Waals surface area contributed by atoms with Crippen LogP contribution in [0.2, 0.25) is 0 Å². The van der Waals surface area contributed by atoms with E-state index in [9.17, 15) is 18.7 Å². The summed E-state index contributed by atoms with van der Waals surface area (Å²) in [7, 11) is 0. The Morgan fingerprint density at radius 2 is 2.24 bits per heavy atom. The highest BCUT2D eigenvalue weighted by Gasteiger charge is 2.42. The average molecular weight is 241 g/mol. The first-order valence-electron chi connectivity index (χ1n) is 5.42. The Morgan fingerprint density at radius 1 is 1.47 bits per heavy atom. The molecule has 1 saturated heterocycles. The van der Waals surface area contributed by atoms with Crippen LogP contribution in [0.3, 0.4) is 0 Å². The van der Waals surface area contributed by atoms with Gasteiger partial charge in [0, 0.05) is 6.54 Å². The Kier molecular flexibility index (Phi) is 3.11. The Hall–Kier alpha value is -1.49. The van der Waals surface area contributed by atoms with Crippen LogP contribution in [0.15, 0.2) is 18.2 Å². The number of aliphatic carboxylic acids is 1. The van der Waals surface area contributed by atoms with Gasteiger partial charge in [-0.2, -0.15) is 0 Å². The van der Waals surface area contributed by atoms with E-state index in [1.807, 2.05) is 0 Å². The normalized spacial score (nSPS) is 23.9. The van der Waals surface area contributed by atoms with Crippen molar-refractivity contribution in [3.05, 3.63) is 35.4 Å². The summed E-state index contributed by atoms with van der Waals surface area (Å²) in [4.78, 5) is 11.3. The molecule has 0 radical (unpaired) electrons. The summed E-state index contributed by atoms with van der Waals surface area (Å²) in [6, 6.07) is 3.85. The maximum atomic E-state index is 13.5. The van der Waals surface area contributed by atoms with Gasteiger partial charge in [-0.05, 0) is 31.0 Å². The van der Waals surface area contributed by atoms with Crippen molar-refractivity contribution in [2.75, 3.05) is 13.1 Å². The fraction of sp³-hybridized carbons (Fsp3) is 0.417. The third-order valence-corrected chi connectivity index (χ3v) is 3.26. The predicted molar refractivity (Wildman–Crippen MR) is 57.6 cm³/mol. The van der Waals surface area contributed by atoms with Crippen molar-refractivity contribution < 1.29 is 18.7 Å². The summed E-state index contributed by atoms with van der Waals surface area (Å²) in [6.07, 6.45) is 0.442. The first-order chi connectivity index (χ1) is 8.05. The SMILES string of the molecule is O=C(O)C1(Cc2cccc(F)c2F)CCNC1. The molecular formula is C12H13F2NO2. The van der Waals surface area contributed by atoms with E-state index in [4.69, 9.17) is 0 Å². The quantitative estimate of drug-likeness (QED) is 0.844. The molecule has 0 amide bonds. The molecule has 3 nitrogen and oxygen atoms in total. The molecule has 1 aliphatic rings. The van der Waals surface area contributed by atoms with Gasteiger partial charge in [0.1, 0.15) is 0 Å². The molecule has 1 aromatic rings. The molecule has 2 rings (SSSR count). The standard InChI is InChI=1S/C12H13F2NO2/c13-9-3-1-2-8(10(9)14)6-12(11(16)17)4-5-15-7-12/h1-3,15H,4-7H2,(H,16,17). The Morgan fingerprint density at radius 3 is 2.82 bits per heavy atom. The lowest BCUT2D eigenvalue weighted by molar-refractivity contribution is -0.147. The molecule has 0 saturated carbocycles. The maximum absolute atomic E-state index is 13.5. The molecular weight excluding hydrogens is 228 g/mol. The van der Waals surface area contributed by atoms with Crippen LogP contribution in [-0.4, -0.2) is 24.2 Å². The summed E-state index contributed by atoms with van der Waals surface area (Å²) in [5, 5.41) is 12.2. The van der Waals surface area contributed by atoms with Gasteiger partial charge >= 0.3 is 5.97 Å². The molecule has 0 aromatic heterocycles. The zero-order valence-corrected chi connectivity index (χ0v) is 9.17. The number of carbonyl (C=O) groups is 1. The first kappa shape index (κ1) is 12.0. The highest BCUT2D eigenvalue weighted by molar-refractivity contribution is 5.76. The molecule has 17 heavy (non-hydrogen) atoms. The van der Waals surface area contributed by atoms with Crippen molar-refractivity contribution in [1.29, 1.82) is 0 Å². The second kappa shape index (κ2) is 4.41. The highest BCUT2D eigenvalue weighted by Crippen LogP contribution is 2.31. The number of carboxylic acid groups (broad SMARTS) is 1. The lowest BCUT2D eigenvalue weighted by Crippen LogP contribution is -2.35. The van der Waals surface area contributed by atoms with Crippen LogP contribution in [0, 0.1) is 17.0 Å². The fourth-order valence-corrected chi connectivity index (χ4v) is 2.20. The highest BCUT2D eigenvalue weighted by atomic mass is 19.2. The first-order valence-corrected chi connectivity index (χ1v) is 5.42. The second-order valence-electron chi connectivity index (χ2n) is 4.40. The second-order valence-corrected chi connectivity index (χ2v) is 4.40. The van der Waals surface area contributed by atoms with Crippen LogP contribution in [0.4, 0.5) is 8.78 Å². The number of carboxylic acids is 1. The molecule has 5 heteroatoms. The Balaban J connectivity index is 2.30. The van der Waals surface area contributed by atoms with E-state index < -0.39 is 23.0 Å². The molecule has 1 aromatic carbocycles. The third kappa shape index (κ3) is 2.15. The predicted octanol–water partition coefficient (Wildman–Crippen LogP) is 1.57. The molecule has 92 valence electrons. The lowest BCUT2D eigenvalue weighted by atomic mass is 9.81. The van der Waals surface area contributed by atoms with E-state index in [-0.39, 0.29) is 18.5 Å². The van der Waals surface area contributed by atoms with Gasteiger partial charge in [0.2, 0.25) is 0 Å². The number of nitrogens with one attached hydrogen (secondary N) is 1. The van der Waals surface area contributed by atoms with Crippen molar-refractivity contribution in [2.24, 2.45) is 5.41 Å². The summed E-state index contributed by atoms with van der Waals surface area (Å²) in [5.74, 6) is -2.85. The minimum absolute atomic E-state index is 0.0128. The largest absolute Gasteiger partial charge is 0.481 e. The van der Waals surface area contributed by atoms with Crippen LogP contribution < -0.4 is 5.32 Å². The molecule has 1 atom stereocenters. The number of rotatable bonds is 3. The monoisotopic (exact) mass is 241 g/mol. The van der Waals surface area contributed by atoms with Crippen LogP contribution in [0.5, 0.6) is 0 Å². The molecule has 0 bridgehead atoms. The zero-order valence-electron chi connectivity index (χ0n) is 9.17. The number of benzene rings is 1. The van der Waals surface area contributed by atoms with Gasteiger partial charge in [0.15, 0.2) is 11.6 Å². The Bertz CT molecular complexity index is 442. The Labute approximate surface area is 97.5 Å². The van der Waals surface area contributed by atoms with Crippen LogP contribution in [0.1, 0.15) is 12.0 Å². The van der Waals surface area contributed by atoms with E-state index in [1.54, 1.807) is 0 Å². The van der Waals surface area contributed by atoms with E-state index in [2.05, 4.69) is 5.32 Å². The van der Waals surface area contributed by atoms with Crippen LogP contribution >= 0.6 is 0 Å². The summed E-state index contributed by atoms with van der Waals surface area (Å²) < 4.78 is 26.5. The topological polar surface area (TPSA) is 49.3 Å². The minimum Gasteiger partial charge on any atom is -0.481 e. The minimum atomic E-state index is -1.02. The van der Waals surface area contributed by atoms with E-state index in [1.165, 1.54) is 12.1 Å². The van der Waals surface area contributed by atoms with Crippen LogP contribution in [0.25, 0.3) is 0 Å². The number of hydrogen-bond donors (Lipinski definition) is 2. The molecule has 0 spiro atoms. The summed E-state index contributed by atoms with van der Waals surface area (Å²) >= 11 is 0. The van der Waals surface area contributed by atoms with Gasteiger partial charge in [-0.3, -0.25) is 4.79 Å². The lowest BCUT2D eigenvalue weighted by Gasteiger charge is -2.23. The van der Waals surface area contributed by atoms with Gasteiger partial charge < -0.3 is 10.4 Å². The van der Waals surface area contributed by atoms with Gasteiger partial charge in [-0.1, -0.05) is 12.1 Å². The summed E-state index contributed by atoms with van der Waals surface area (Å²) in [6.45, 7) is 0.877. The molecule has 0 aliphatic carbocycles. The van der Waals surface area contributed by atoms with E-state index in [0.717, 1.165) is 6.07 Å². The van der Waals surface area contributed by atoms with Crippen molar-refractivity contribution in [3.63, 3.8) is 0 Å². The van der Waals surface area contributed by atoms with Crippen molar-refractivity contribution in [3.8, 4) is 0 Å². The van der Waals surface area contributed by atoms with Crippen molar-refractivity contribution in [2.45, 2.75) is 12.8 Å². The van der Waals surface area contributed by atoms with Gasteiger partial charge in [-0.15, -0.1) is 0 Å². The maximum Gasteiger partial charge on any atom is 0.311 e. The zero-order chi connectivity index (χ0) is 12.5. The van der Waals surface area contributed by atoms with E-state index in [0.29, 0.717) is 13.0 Å². The van der Waals surface area contributed by atoms with Gasteiger partial charge in [-0.25, -0.2) is 8.78 Å². The fourth-order valence-electron chi connectivity index (χ4n) is 2.20. The average Bonchev–Trinajstić information content (AvgIpc) is 2.75. The van der Waals surface area contributed by atoms with Crippen LogP contribution in [-0.2, 0) is 11.2 Å². The smallest absolute Gasteiger partial charge is 0.311 e. The molecule has 1 fully saturated rings. The summed E-state index contributed by atoms with van der Waals surface area (Å²) in [5.41, 5.74) is -0.898. The number of hydrogen-bond acceptors (Lipinski definition) is 2. The number of halogens is 2. The molecule has 1 heterocycles. The third-order valence-electron chi connectivity index (χ3n) is 3.26. The van der Waals surface area contributed by atoms with Gasteiger partial charge in [0.25, 0.3) is 0 Å². The molecule has 1 aliphatic heterocycles. The van der Waals surface area contributed by atoms with Crippen molar-refractivity contribution >= 4 is 5.97 Å².